The van der Waals surface area contributed by atoms with Crippen molar-refractivity contribution in [3.63, 3.8) is 0 Å². The van der Waals surface area contributed by atoms with Crippen molar-refractivity contribution in [3.05, 3.63) is 23.8 Å². The van der Waals surface area contributed by atoms with Crippen LogP contribution in [0.25, 0.3) is 0 Å². The van der Waals surface area contributed by atoms with E-state index in [0.29, 0.717) is 5.92 Å². The van der Waals surface area contributed by atoms with Crippen molar-refractivity contribution in [2.24, 2.45) is 17.8 Å². The second kappa shape index (κ2) is 4.52. The van der Waals surface area contributed by atoms with Crippen LogP contribution in [0.15, 0.2) is 12.4 Å². The van der Waals surface area contributed by atoms with Gasteiger partial charge in [0.2, 0.25) is 0 Å². The fourth-order valence-electron chi connectivity index (χ4n) is 2.91. The van der Waals surface area contributed by atoms with Crippen LogP contribution in [-0.4, -0.2) is 9.97 Å². The Morgan fingerprint density at radius 2 is 1.50 bits per heavy atom. The van der Waals surface area contributed by atoms with E-state index in [0.717, 1.165) is 23.6 Å². The van der Waals surface area contributed by atoms with Crippen LogP contribution in [-0.2, 0) is 0 Å². The minimum Gasteiger partial charge on any atom is -0.241 e. The van der Waals surface area contributed by atoms with Gasteiger partial charge in [-0.05, 0) is 49.0 Å². The fourth-order valence-corrected chi connectivity index (χ4v) is 2.91. The number of nitrogens with zero attached hydrogens (tertiary/aromatic N) is 2. The molecule has 2 nitrogen and oxygen atoms in total. The molecule has 0 aromatic carbocycles. The molecule has 0 spiro atoms. The van der Waals surface area contributed by atoms with Gasteiger partial charge in [0.15, 0.2) is 0 Å². The molecule has 0 aliphatic heterocycles. The van der Waals surface area contributed by atoms with Crippen LogP contribution in [0, 0.1) is 24.7 Å². The summed E-state index contributed by atoms with van der Waals surface area (Å²) in [7, 11) is 0. The first-order valence-corrected chi connectivity index (χ1v) is 6.36. The molecule has 1 aromatic heterocycles. The zero-order valence-electron chi connectivity index (χ0n) is 10.8. The maximum Gasteiger partial charge on any atom is 0.125 e. The Morgan fingerprint density at radius 3 is 2.12 bits per heavy atom. The normalized spacial score (nSPS) is 35.0. The fraction of sp³-hybridized carbons (Fsp3) is 0.714. The molecule has 0 bridgehead atoms. The predicted molar refractivity (Wildman–Crippen MR) is 66.2 cm³/mol. The lowest BCUT2D eigenvalue weighted by Crippen LogP contribution is -2.26. The standard InChI is InChI=1S/C14H22N2/c1-9-5-11(3)14(6-10(9)2)13-7-15-12(4)16-8-13/h7-11,14H,5-6H2,1-4H3. The lowest BCUT2D eigenvalue weighted by atomic mass is 9.68. The summed E-state index contributed by atoms with van der Waals surface area (Å²) in [5, 5.41) is 0. The molecule has 1 aromatic rings. The maximum atomic E-state index is 4.32. The summed E-state index contributed by atoms with van der Waals surface area (Å²) in [6, 6.07) is 0. The zero-order chi connectivity index (χ0) is 11.7. The second-order valence-corrected chi connectivity index (χ2v) is 5.57. The van der Waals surface area contributed by atoms with Gasteiger partial charge in [0.05, 0.1) is 0 Å². The lowest BCUT2D eigenvalue weighted by Gasteiger charge is -2.37. The topological polar surface area (TPSA) is 25.8 Å². The first kappa shape index (κ1) is 11.6. The van der Waals surface area contributed by atoms with Crippen LogP contribution in [0.1, 0.15) is 50.9 Å². The third-order valence-electron chi connectivity index (χ3n) is 4.26. The van der Waals surface area contributed by atoms with E-state index in [1.165, 1.54) is 18.4 Å². The molecule has 4 atom stereocenters. The summed E-state index contributed by atoms with van der Waals surface area (Å²) in [6.07, 6.45) is 6.66. The Labute approximate surface area is 98.5 Å². The monoisotopic (exact) mass is 218 g/mol. The molecule has 1 heterocycles. The van der Waals surface area contributed by atoms with Gasteiger partial charge in [0.25, 0.3) is 0 Å². The third kappa shape index (κ3) is 2.26. The largest absolute Gasteiger partial charge is 0.241 e. The maximum absolute atomic E-state index is 4.32. The average Bonchev–Trinajstić information content (AvgIpc) is 2.25. The summed E-state index contributed by atoms with van der Waals surface area (Å²) in [6.45, 7) is 9.06. The summed E-state index contributed by atoms with van der Waals surface area (Å²) in [5.74, 6) is 3.97. The minimum atomic E-state index is 0.659. The molecule has 16 heavy (non-hydrogen) atoms. The van der Waals surface area contributed by atoms with Gasteiger partial charge >= 0.3 is 0 Å². The quantitative estimate of drug-likeness (QED) is 0.720. The lowest BCUT2D eigenvalue weighted by molar-refractivity contribution is 0.189. The highest BCUT2D eigenvalue weighted by atomic mass is 14.8. The van der Waals surface area contributed by atoms with E-state index >= 15 is 0 Å². The average molecular weight is 218 g/mol. The molecule has 1 fully saturated rings. The van der Waals surface area contributed by atoms with Crippen molar-refractivity contribution in [2.45, 2.75) is 46.5 Å². The van der Waals surface area contributed by atoms with Gasteiger partial charge in [-0.2, -0.15) is 0 Å². The van der Waals surface area contributed by atoms with Crippen LogP contribution in [0.2, 0.25) is 0 Å². The molecular formula is C14H22N2. The molecule has 1 saturated carbocycles. The van der Waals surface area contributed by atoms with Gasteiger partial charge < -0.3 is 0 Å². The van der Waals surface area contributed by atoms with Gasteiger partial charge in [0, 0.05) is 12.4 Å². The molecule has 2 heteroatoms. The summed E-state index contributed by atoms with van der Waals surface area (Å²) in [5.41, 5.74) is 1.33. The summed E-state index contributed by atoms with van der Waals surface area (Å²) >= 11 is 0. The van der Waals surface area contributed by atoms with Gasteiger partial charge in [-0.25, -0.2) is 9.97 Å². The number of hydrogen-bond donors (Lipinski definition) is 0. The predicted octanol–water partition coefficient (Wildman–Crippen LogP) is 3.57. The second-order valence-electron chi connectivity index (χ2n) is 5.57. The molecule has 2 rings (SSSR count). The van der Waals surface area contributed by atoms with E-state index in [1.54, 1.807) is 0 Å². The van der Waals surface area contributed by atoms with E-state index in [2.05, 4.69) is 30.7 Å². The van der Waals surface area contributed by atoms with Crippen molar-refractivity contribution in [1.82, 2.24) is 9.97 Å². The molecule has 1 aliphatic rings. The Balaban J connectivity index is 2.17. The SMILES string of the molecule is Cc1ncc(C2CC(C)C(C)CC2C)cn1. The van der Waals surface area contributed by atoms with Crippen LogP contribution in [0.4, 0.5) is 0 Å². The molecule has 0 saturated heterocycles. The van der Waals surface area contributed by atoms with E-state index < -0.39 is 0 Å². The number of hydrogen-bond acceptors (Lipinski definition) is 2. The van der Waals surface area contributed by atoms with Crippen molar-refractivity contribution in [3.8, 4) is 0 Å². The highest BCUT2D eigenvalue weighted by molar-refractivity contribution is 5.14. The van der Waals surface area contributed by atoms with Crippen molar-refractivity contribution < 1.29 is 0 Å². The minimum absolute atomic E-state index is 0.659. The number of aryl methyl sites for hydroxylation is 1. The number of rotatable bonds is 1. The molecule has 0 N–H and O–H groups in total. The van der Waals surface area contributed by atoms with E-state index in [9.17, 15) is 0 Å². The van der Waals surface area contributed by atoms with Gasteiger partial charge in [0.1, 0.15) is 5.82 Å². The van der Waals surface area contributed by atoms with Crippen LogP contribution < -0.4 is 0 Å². The van der Waals surface area contributed by atoms with Gasteiger partial charge in [-0.15, -0.1) is 0 Å². The highest BCUT2D eigenvalue weighted by Crippen LogP contribution is 2.42. The van der Waals surface area contributed by atoms with E-state index in [-0.39, 0.29) is 0 Å². The van der Waals surface area contributed by atoms with Crippen molar-refractivity contribution >= 4 is 0 Å². The van der Waals surface area contributed by atoms with Crippen molar-refractivity contribution in [2.75, 3.05) is 0 Å². The Kier molecular flexibility index (Phi) is 3.27. The summed E-state index contributed by atoms with van der Waals surface area (Å²) in [4.78, 5) is 8.64. The molecule has 1 aliphatic carbocycles. The number of aromatic nitrogens is 2. The first-order valence-electron chi connectivity index (χ1n) is 6.36. The van der Waals surface area contributed by atoms with Gasteiger partial charge in [-0.1, -0.05) is 20.8 Å². The van der Waals surface area contributed by atoms with E-state index in [1.807, 2.05) is 19.3 Å². The molecular weight excluding hydrogens is 196 g/mol. The van der Waals surface area contributed by atoms with Crippen molar-refractivity contribution in [1.29, 1.82) is 0 Å². The van der Waals surface area contributed by atoms with E-state index in [4.69, 9.17) is 0 Å². The molecule has 4 unspecified atom stereocenters. The highest BCUT2D eigenvalue weighted by Gasteiger charge is 2.31. The van der Waals surface area contributed by atoms with Gasteiger partial charge in [-0.3, -0.25) is 0 Å². The van der Waals surface area contributed by atoms with Crippen LogP contribution in [0.3, 0.4) is 0 Å². The summed E-state index contributed by atoms with van der Waals surface area (Å²) < 4.78 is 0. The first-order chi connectivity index (χ1) is 7.58. The van der Waals surface area contributed by atoms with Crippen LogP contribution in [0.5, 0.6) is 0 Å². The molecule has 0 radical (unpaired) electrons. The Hall–Kier alpha value is -0.920. The zero-order valence-corrected chi connectivity index (χ0v) is 10.8. The Morgan fingerprint density at radius 1 is 0.938 bits per heavy atom. The van der Waals surface area contributed by atoms with Crippen LogP contribution >= 0.6 is 0 Å². The smallest absolute Gasteiger partial charge is 0.125 e. The molecule has 88 valence electrons. The Bertz CT molecular complexity index is 344. The third-order valence-corrected chi connectivity index (χ3v) is 4.26. The molecule has 0 amide bonds.